The van der Waals surface area contributed by atoms with Crippen LogP contribution < -0.4 is 10.6 Å². The lowest BCUT2D eigenvalue weighted by Gasteiger charge is -2.24. The van der Waals surface area contributed by atoms with E-state index < -0.39 is 12.1 Å². The number of H-pyrrole nitrogens is 1. The first-order valence-electron chi connectivity index (χ1n) is 16.2. The quantitative estimate of drug-likeness (QED) is 0.212. The molecule has 2 aliphatic rings. The van der Waals surface area contributed by atoms with E-state index in [2.05, 4.69) is 30.8 Å². The maximum atomic E-state index is 13.1. The number of likely N-dealkylation sites (tertiary alicyclic amines) is 2. The zero-order valence-corrected chi connectivity index (χ0v) is 26.6. The maximum Gasteiger partial charge on any atom is 0.254 e. The molecule has 5 aromatic rings. The number of pyridine rings is 2. The van der Waals surface area contributed by atoms with Crippen LogP contribution in [-0.4, -0.2) is 78.8 Å². The number of anilines is 2. The molecule has 2 fully saturated rings. The Kier molecular flexibility index (Phi) is 8.92. The summed E-state index contributed by atoms with van der Waals surface area (Å²) in [5, 5.41) is 13.5. The molecule has 12 heteroatoms. The Hall–Kier alpha value is -6.17. The van der Waals surface area contributed by atoms with Gasteiger partial charge in [-0.1, -0.05) is 24.3 Å². The third kappa shape index (κ3) is 6.79. The molecule has 7 rings (SSSR count). The molecule has 2 aliphatic heterocycles. The molecular weight excluding hydrogens is 620 g/mol. The van der Waals surface area contributed by atoms with Crippen LogP contribution in [-0.2, 0) is 9.59 Å². The lowest BCUT2D eigenvalue weighted by Crippen LogP contribution is -2.43. The van der Waals surface area contributed by atoms with Crippen LogP contribution in [0.4, 0.5) is 11.4 Å². The summed E-state index contributed by atoms with van der Waals surface area (Å²) in [7, 11) is 0. The zero-order valence-electron chi connectivity index (χ0n) is 26.6. The number of hydrogen-bond acceptors (Lipinski definition) is 7. The Morgan fingerprint density at radius 1 is 0.612 bits per heavy atom. The highest BCUT2D eigenvalue weighted by Gasteiger charge is 2.35. The van der Waals surface area contributed by atoms with Crippen molar-refractivity contribution < 1.29 is 19.2 Å². The number of aromatic amines is 1. The lowest BCUT2D eigenvalue weighted by atomic mass is 10.1. The van der Waals surface area contributed by atoms with Gasteiger partial charge in [0.25, 0.3) is 11.8 Å². The Bertz CT molecular complexity index is 1820. The molecule has 5 heterocycles. The predicted molar refractivity (Wildman–Crippen MR) is 183 cm³/mol. The van der Waals surface area contributed by atoms with Gasteiger partial charge in [0.05, 0.1) is 11.4 Å². The van der Waals surface area contributed by atoms with Crippen molar-refractivity contribution in [2.24, 2.45) is 0 Å². The second-order valence-corrected chi connectivity index (χ2v) is 12.1. The topological polar surface area (TPSA) is 153 Å². The largest absolute Gasteiger partial charge is 0.327 e. The SMILES string of the molecule is O=C(Nc1ccc(-c2cc(-c3ccc(NC(=O)C4CCCN4C(=O)c4ccncc4)cc3)[nH]n2)cc1)C1CCCN1C(=O)c1ccncc1. The van der Waals surface area contributed by atoms with Crippen LogP contribution in [0.2, 0.25) is 0 Å². The van der Waals surface area contributed by atoms with Gasteiger partial charge >= 0.3 is 0 Å². The molecule has 0 saturated carbocycles. The monoisotopic (exact) mass is 654 g/mol. The van der Waals surface area contributed by atoms with Gasteiger partial charge in [0.2, 0.25) is 11.8 Å². The number of carbonyl (C=O) groups excluding carboxylic acids is 4. The summed E-state index contributed by atoms with van der Waals surface area (Å²) in [4.78, 5) is 63.4. The van der Waals surface area contributed by atoms with Gasteiger partial charge in [0, 0.05) is 65.9 Å². The average molecular weight is 655 g/mol. The van der Waals surface area contributed by atoms with Crippen LogP contribution in [0.5, 0.6) is 0 Å². The fourth-order valence-corrected chi connectivity index (χ4v) is 6.41. The summed E-state index contributed by atoms with van der Waals surface area (Å²) in [6, 6.07) is 22.3. The summed E-state index contributed by atoms with van der Waals surface area (Å²) < 4.78 is 0. The van der Waals surface area contributed by atoms with Gasteiger partial charge in [0.15, 0.2) is 0 Å². The summed E-state index contributed by atoms with van der Waals surface area (Å²) in [6.45, 7) is 1.07. The molecule has 2 atom stereocenters. The molecule has 12 nitrogen and oxygen atoms in total. The van der Waals surface area contributed by atoms with E-state index in [0.29, 0.717) is 48.4 Å². The van der Waals surface area contributed by atoms with E-state index in [1.807, 2.05) is 54.6 Å². The Morgan fingerprint density at radius 2 is 1.06 bits per heavy atom. The van der Waals surface area contributed by atoms with E-state index >= 15 is 0 Å². The van der Waals surface area contributed by atoms with Crippen LogP contribution in [0.3, 0.4) is 0 Å². The van der Waals surface area contributed by atoms with Crippen LogP contribution in [0.15, 0.2) is 104 Å². The second-order valence-electron chi connectivity index (χ2n) is 12.1. The number of rotatable bonds is 8. The fraction of sp³-hybridized carbons (Fsp3) is 0.216. The molecule has 0 radical (unpaired) electrons. The Balaban J connectivity index is 0.952. The molecule has 2 saturated heterocycles. The zero-order chi connectivity index (χ0) is 33.7. The number of aromatic nitrogens is 4. The van der Waals surface area contributed by atoms with Crippen molar-refractivity contribution in [3.05, 3.63) is 115 Å². The van der Waals surface area contributed by atoms with Gasteiger partial charge in [-0.15, -0.1) is 0 Å². The van der Waals surface area contributed by atoms with Crippen molar-refractivity contribution in [2.75, 3.05) is 23.7 Å². The minimum Gasteiger partial charge on any atom is -0.327 e. The predicted octanol–water partition coefficient (Wildman–Crippen LogP) is 5.02. The molecule has 3 aromatic heterocycles. The maximum absolute atomic E-state index is 13.1. The first kappa shape index (κ1) is 31.4. The molecule has 4 amide bonds. The van der Waals surface area contributed by atoms with Gasteiger partial charge < -0.3 is 20.4 Å². The van der Waals surface area contributed by atoms with E-state index in [-0.39, 0.29) is 23.6 Å². The molecule has 0 spiro atoms. The van der Waals surface area contributed by atoms with E-state index in [4.69, 9.17) is 0 Å². The lowest BCUT2D eigenvalue weighted by molar-refractivity contribution is -0.120. The number of amides is 4. The number of hydrogen-bond donors (Lipinski definition) is 3. The summed E-state index contributed by atoms with van der Waals surface area (Å²) >= 11 is 0. The minimum absolute atomic E-state index is 0.171. The average Bonchev–Trinajstić information content (AvgIpc) is 3.94. The Labute approximate surface area is 282 Å². The molecule has 2 unspecified atom stereocenters. The number of nitrogens with zero attached hydrogens (tertiary/aromatic N) is 5. The second kappa shape index (κ2) is 13.9. The number of benzene rings is 2. The van der Waals surface area contributed by atoms with Crippen LogP contribution in [0.1, 0.15) is 46.4 Å². The summed E-state index contributed by atoms with van der Waals surface area (Å²) in [6.07, 6.45) is 9.04. The molecule has 246 valence electrons. The fourth-order valence-electron chi connectivity index (χ4n) is 6.41. The molecule has 2 aromatic carbocycles. The van der Waals surface area contributed by atoms with E-state index in [1.165, 1.54) is 0 Å². The summed E-state index contributed by atoms with van der Waals surface area (Å²) in [5.41, 5.74) is 5.59. The third-order valence-electron chi connectivity index (χ3n) is 8.98. The van der Waals surface area contributed by atoms with E-state index in [0.717, 1.165) is 35.4 Å². The molecule has 0 bridgehead atoms. The smallest absolute Gasteiger partial charge is 0.254 e. The first-order valence-corrected chi connectivity index (χ1v) is 16.2. The number of carbonyl (C=O) groups is 4. The Morgan fingerprint density at radius 3 is 1.53 bits per heavy atom. The highest BCUT2D eigenvalue weighted by molar-refractivity contribution is 6.02. The third-order valence-corrected chi connectivity index (χ3v) is 8.98. The normalized spacial score (nSPS) is 17.1. The van der Waals surface area contributed by atoms with Crippen molar-refractivity contribution in [3.63, 3.8) is 0 Å². The van der Waals surface area contributed by atoms with Crippen molar-refractivity contribution in [2.45, 2.75) is 37.8 Å². The van der Waals surface area contributed by atoms with Crippen molar-refractivity contribution >= 4 is 35.0 Å². The minimum atomic E-state index is -0.534. The molecule has 3 N–H and O–H groups in total. The highest BCUT2D eigenvalue weighted by atomic mass is 16.2. The highest BCUT2D eigenvalue weighted by Crippen LogP contribution is 2.28. The van der Waals surface area contributed by atoms with E-state index in [1.54, 1.807) is 58.9 Å². The molecule has 0 aliphatic carbocycles. The van der Waals surface area contributed by atoms with Crippen LogP contribution in [0.25, 0.3) is 22.5 Å². The van der Waals surface area contributed by atoms with Gasteiger partial charge in [-0.05, 0) is 85.8 Å². The number of nitrogens with one attached hydrogen (secondary N) is 3. The van der Waals surface area contributed by atoms with Gasteiger partial charge in [-0.3, -0.25) is 34.2 Å². The van der Waals surface area contributed by atoms with Crippen LogP contribution in [0, 0.1) is 0 Å². The van der Waals surface area contributed by atoms with Crippen molar-refractivity contribution in [1.82, 2.24) is 30.0 Å². The standard InChI is InChI=1S/C37H34N8O4/c46-34(32-3-1-21-44(32)36(48)26-13-17-38-18-14-26)40-28-9-5-24(6-10-28)30-23-31(43-42-30)25-7-11-29(12-8-25)41-35(47)33-4-2-22-45(33)37(49)27-15-19-39-20-16-27/h5-20,23,32-33H,1-4,21-22H2,(H,40,46)(H,41,47)(H,42,43). The van der Waals surface area contributed by atoms with Gasteiger partial charge in [-0.2, -0.15) is 5.10 Å². The van der Waals surface area contributed by atoms with Crippen LogP contribution >= 0.6 is 0 Å². The van der Waals surface area contributed by atoms with Crippen molar-refractivity contribution in [3.8, 4) is 22.5 Å². The van der Waals surface area contributed by atoms with E-state index in [9.17, 15) is 19.2 Å². The van der Waals surface area contributed by atoms with Gasteiger partial charge in [0.1, 0.15) is 12.1 Å². The summed E-state index contributed by atoms with van der Waals surface area (Å²) in [5.74, 6) is -0.769. The van der Waals surface area contributed by atoms with Crippen molar-refractivity contribution in [1.29, 1.82) is 0 Å². The molecular formula is C37H34N8O4. The van der Waals surface area contributed by atoms with Gasteiger partial charge in [-0.25, -0.2) is 0 Å². The molecule has 49 heavy (non-hydrogen) atoms. The first-order chi connectivity index (χ1) is 23.9.